The van der Waals surface area contributed by atoms with Crippen LogP contribution in [0.2, 0.25) is 10.0 Å². The zero-order valence-electron chi connectivity index (χ0n) is 23.4. The van der Waals surface area contributed by atoms with Crippen molar-refractivity contribution in [1.82, 2.24) is 14.8 Å². The fourth-order valence-electron chi connectivity index (χ4n) is 5.28. The lowest BCUT2D eigenvalue weighted by molar-refractivity contribution is 0.0275. The maximum absolute atomic E-state index is 14.1. The summed E-state index contributed by atoms with van der Waals surface area (Å²) in [5.74, 6) is -0.882. The molecule has 0 N–H and O–H groups in total. The average molecular weight is 597 g/mol. The van der Waals surface area contributed by atoms with Gasteiger partial charge in [-0.3, -0.25) is 9.78 Å². The van der Waals surface area contributed by atoms with Gasteiger partial charge in [0.15, 0.2) is 0 Å². The molecule has 8 nitrogen and oxygen atoms in total. The summed E-state index contributed by atoms with van der Waals surface area (Å²) >= 11 is 12.8. The summed E-state index contributed by atoms with van der Waals surface area (Å²) in [7, 11) is 0. The van der Waals surface area contributed by atoms with Crippen LogP contribution in [0.1, 0.15) is 64.9 Å². The zero-order valence-corrected chi connectivity index (χ0v) is 24.9. The van der Waals surface area contributed by atoms with Gasteiger partial charge in [-0.15, -0.1) is 0 Å². The molecule has 0 saturated carbocycles. The molecule has 1 saturated heterocycles. The summed E-state index contributed by atoms with van der Waals surface area (Å²) < 4.78 is 11.2. The first kappa shape index (κ1) is 28.9. The Morgan fingerprint density at radius 2 is 1.80 bits per heavy atom. The van der Waals surface area contributed by atoms with Gasteiger partial charge in [0.25, 0.3) is 5.91 Å². The number of esters is 1. The quantitative estimate of drug-likeness (QED) is 0.305. The van der Waals surface area contributed by atoms with Crippen molar-refractivity contribution in [2.45, 2.75) is 58.9 Å². The van der Waals surface area contributed by atoms with E-state index in [4.69, 9.17) is 37.7 Å². The van der Waals surface area contributed by atoms with Crippen molar-refractivity contribution in [3.63, 3.8) is 0 Å². The minimum atomic E-state index is -0.616. The van der Waals surface area contributed by atoms with Crippen LogP contribution < -0.4 is 0 Å². The van der Waals surface area contributed by atoms with Gasteiger partial charge in [0, 0.05) is 34.3 Å². The number of likely N-dealkylation sites (tertiary alicyclic amines) is 1. The van der Waals surface area contributed by atoms with Gasteiger partial charge in [0.2, 0.25) is 0 Å². The highest BCUT2D eigenvalue weighted by molar-refractivity contribution is 6.37. The van der Waals surface area contributed by atoms with Crippen LogP contribution in [0.15, 0.2) is 48.5 Å². The van der Waals surface area contributed by atoms with Crippen molar-refractivity contribution in [2.75, 3.05) is 13.1 Å². The SMILES string of the molecule is Cc1nc2c(c(-c3ccc(Cl)cc3Cl)c1C(=O)OCc1ccccc1)C(=O)N([C@H]1CCN(C(=O)OC(C)(C)C)C1)C2. The second-order valence-corrected chi connectivity index (χ2v) is 12.1. The topological polar surface area (TPSA) is 89.0 Å². The second kappa shape index (κ2) is 11.3. The molecule has 1 atom stereocenters. The third-order valence-electron chi connectivity index (χ3n) is 7.12. The highest BCUT2D eigenvalue weighted by atomic mass is 35.5. The molecular formula is C31H31Cl2N3O5. The zero-order chi connectivity index (χ0) is 29.5. The van der Waals surface area contributed by atoms with Crippen LogP contribution in [0.25, 0.3) is 11.1 Å². The molecule has 0 spiro atoms. The van der Waals surface area contributed by atoms with Crippen LogP contribution in [0, 0.1) is 6.92 Å². The maximum Gasteiger partial charge on any atom is 0.410 e. The van der Waals surface area contributed by atoms with E-state index in [-0.39, 0.29) is 30.7 Å². The highest BCUT2D eigenvalue weighted by Gasteiger charge is 2.42. The number of pyridine rings is 1. The van der Waals surface area contributed by atoms with E-state index < -0.39 is 17.7 Å². The molecule has 1 aromatic heterocycles. The molecule has 214 valence electrons. The Morgan fingerprint density at radius 3 is 2.49 bits per heavy atom. The first-order chi connectivity index (χ1) is 19.4. The van der Waals surface area contributed by atoms with Crippen LogP contribution in [-0.4, -0.2) is 57.5 Å². The third kappa shape index (κ3) is 6.04. The van der Waals surface area contributed by atoms with Crippen molar-refractivity contribution in [3.05, 3.63) is 86.7 Å². The van der Waals surface area contributed by atoms with Gasteiger partial charge in [-0.2, -0.15) is 0 Å². The van der Waals surface area contributed by atoms with Crippen LogP contribution in [0.4, 0.5) is 4.79 Å². The number of hydrogen-bond acceptors (Lipinski definition) is 6. The number of halogens is 2. The molecule has 41 heavy (non-hydrogen) atoms. The third-order valence-corrected chi connectivity index (χ3v) is 7.67. The predicted octanol–water partition coefficient (Wildman–Crippen LogP) is 6.69. The van der Waals surface area contributed by atoms with E-state index in [9.17, 15) is 14.4 Å². The number of benzene rings is 2. The fraction of sp³-hybridized carbons (Fsp3) is 0.355. The van der Waals surface area contributed by atoms with Crippen molar-refractivity contribution < 1.29 is 23.9 Å². The molecular weight excluding hydrogens is 565 g/mol. The van der Waals surface area contributed by atoms with E-state index in [0.717, 1.165) is 5.56 Å². The van der Waals surface area contributed by atoms with Crippen LogP contribution in [0.3, 0.4) is 0 Å². The van der Waals surface area contributed by atoms with E-state index in [1.165, 1.54) is 0 Å². The summed E-state index contributed by atoms with van der Waals surface area (Å²) in [5.41, 5.74) is 2.54. The van der Waals surface area contributed by atoms with Gasteiger partial charge in [-0.05, 0) is 51.8 Å². The minimum Gasteiger partial charge on any atom is -0.457 e. The first-order valence-electron chi connectivity index (χ1n) is 13.4. The predicted molar refractivity (Wildman–Crippen MR) is 156 cm³/mol. The molecule has 2 amide bonds. The van der Waals surface area contributed by atoms with Gasteiger partial charge < -0.3 is 19.3 Å². The second-order valence-electron chi connectivity index (χ2n) is 11.3. The monoisotopic (exact) mass is 595 g/mol. The molecule has 10 heteroatoms. The molecule has 2 aliphatic rings. The Hall–Kier alpha value is -3.62. The van der Waals surface area contributed by atoms with E-state index in [0.29, 0.717) is 57.6 Å². The average Bonchev–Trinajstić information content (AvgIpc) is 3.51. The summed E-state index contributed by atoms with van der Waals surface area (Å²) in [6.07, 6.45) is 0.191. The summed E-state index contributed by atoms with van der Waals surface area (Å²) in [6, 6.07) is 14.0. The Kier molecular flexibility index (Phi) is 7.99. The molecule has 0 aliphatic carbocycles. The number of aryl methyl sites for hydroxylation is 1. The lowest BCUT2D eigenvalue weighted by Gasteiger charge is -2.26. The molecule has 5 rings (SSSR count). The standard InChI is InChI=1S/C31H31Cl2N3O5/c1-18-25(29(38)40-17-19-8-6-5-7-9-19)26(22-11-10-20(32)14-23(22)33)27-24(34-18)16-36(28(27)37)21-12-13-35(15-21)30(39)41-31(2,3)4/h5-11,14,21H,12-13,15-17H2,1-4H3/t21-/m0/s1. The summed E-state index contributed by atoms with van der Waals surface area (Å²) in [5, 5.41) is 0.723. The van der Waals surface area contributed by atoms with Crippen LogP contribution in [-0.2, 0) is 22.6 Å². The number of aromatic nitrogens is 1. The van der Waals surface area contributed by atoms with Gasteiger partial charge in [0.1, 0.15) is 12.2 Å². The number of carbonyl (C=O) groups is 3. The largest absolute Gasteiger partial charge is 0.457 e. The van der Waals surface area contributed by atoms with E-state index in [1.54, 1.807) is 34.9 Å². The van der Waals surface area contributed by atoms with E-state index in [1.807, 2.05) is 51.1 Å². The molecule has 0 bridgehead atoms. The molecule has 0 radical (unpaired) electrons. The van der Waals surface area contributed by atoms with E-state index in [2.05, 4.69) is 0 Å². The summed E-state index contributed by atoms with van der Waals surface area (Å²) in [4.78, 5) is 48.3. The van der Waals surface area contributed by atoms with Crippen LogP contribution in [0.5, 0.6) is 0 Å². The van der Waals surface area contributed by atoms with Gasteiger partial charge in [-0.25, -0.2) is 9.59 Å². The van der Waals surface area contributed by atoms with Crippen molar-refractivity contribution in [2.24, 2.45) is 0 Å². The molecule has 0 unspecified atom stereocenters. The fourth-order valence-corrected chi connectivity index (χ4v) is 5.78. The Morgan fingerprint density at radius 1 is 1.07 bits per heavy atom. The number of rotatable bonds is 5. The Labute approximate surface area is 249 Å². The Bertz CT molecular complexity index is 1520. The lowest BCUT2D eigenvalue weighted by atomic mass is 9.93. The maximum atomic E-state index is 14.1. The van der Waals surface area contributed by atoms with Gasteiger partial charge in [0.05, 0.1) is 35.1 Å². The van der Waals surface area contributed by atoms with Crippen molar-refractivity contribution in [3.8, 4) is 11.1 Å². The van der Waals surface area contributed by atoms with E-state index >= 15 is 0 Å². The summed E-state index contributed by atoms with van der Waals surface area (Å²) in [6.45, 7) is 8.30. The number of fused-ring (bicyclic) bond motifs is 1. The molecule has 2 aromatic carbocycles. The number of nitrogens with zero attached hydrogens (tertiary/aromatic N) is 3. The highest BCUT2D eigenvalue weighted by Crippen LogP contribution is 2.41. The number of amides is 2. The lowest BCUT2D eigenvalue weighted by Crippen LogP contribution is -2.40. The smallest absolute Gasteiger partial charge is 0.410 e. The van der Waals surface area contributed by atoms with Gasteiger partial charge >= 0.3 is 12.1 Å². The first-order valence-corrected chi connectivity index (χ1v) is 14.2. The number of ether oxygens (including phenoxy) is 2. The van der Waals surface area contributed by atoms with Crippen molar-refractivity contribution in [1.29, 1.82) is 0 Å². The van der Waals surface area contributed by atoms with Crippen LogP contribution >= 0.6 is 23.2 Å². The molecule has 2 aliphatic heterocycles. The molecule has 1 fully saturated rings. The number of carbonyl (C=O) groups excluding carboxylic acids is 3. The molecule has 3 heterocycles. The van der Waals surface area contributed by atoms with Crippen molar-refractivity contribution >= 4 is 41.2 Å². The Balaban J connectivity index is 1.50. The van der Waals surface area contributed by atoms with Gasteiger partial charge in [-0.1, -0.05) is 59.6 Å². The number of hydrogen-bond donors (Lipinski definition) is 0. The normalized spacial score (nSPS) is 16.6. The molecule has 3 aromatic rings. The minimum absolute atomic E-state index is 0.0621.